The predicted molar refractivity (Wildman–Crippen MR) is 147 cm³/mol. The van der Waals surface area contributed by atoms with Crippen LogP contribution in [-0.4, -0.2) is 71.7 Å². The first kappa shape index (κ1) is 26.9. The first-order valence-electron chi connectivity index (χ1n) is 12.5. The summed E-state index contributed by atoms with van der Waals surface area (Å²) in [5, 5.41) is 19.0. The van der Waals surface area contributed by atoms with Crippen LogP contribution < -0.4 is 0 Å². The van der Waals surface area contributed by atoms with Crippen molar-refractivity contribution in [1.82, 2.24) is 14.1 Å². The monoisotopic (exact) mass is 565 g/mol. The van der Waals surface area contributed by atoms with Gasteiger partial charge in [0.05, 0.1) is 0 Å². The van der Waals surface area contributed by atoms with Crippen LogP contribution in [0.3, 0.4) is 0 Å². The first-order valence-corrected chi connectivity index (χ1v) is 14.3. The summed E-state index contributed by atoms with van der Waals surface area (Å²) in [7, 11) is 0. The number of rotatable bonds is 8. The standard InChI is InChI=1S/C28H27N3O6S2/c1-2-22(33)31(39-21-6-4-3-5-7-21)24-26(35)30-23(28(36)37)19(16-38-27(24)30)14-18-12-13-29(25(18)34)15-17-8-10-20(32)11-9-17/h3-11,14,24,27,32H,2,12-13,15-16H2,1H3,(H,36,37)/b18-14+/t24-,27-/m1/s1. The fraction of sp³-hybridized carbons (Fsp3) is 0.286. The minimum atomic E-state index is -1.24. The van der Waals surface area contributed by atoms with Gasteiger partial charge in [-0.05, 0) is 59.8 Å². The number of aromatic hydroxyl groups is 1. The SMILES string of the molecule is CCC(=O)N(Sc1ccccc1)[C@@H]1C(=O)N2C(C(=O)O)=C(/C=C3\CCN(Cc4ccc(O)cc4)C3=O)CS[C@H]12. The molecular formula is C28H27N3O6S2. The molecule has 2 aromatic carbocycles. The Morgan fingerprint density at radius 1 is 1.13 bits per heavy atom. The third-order valence-corrected chi connectivity index (χ3v) is 9.19. The van der Waals surface area contributed by atoms with E-state index in [0.29, 0.717) is 36.4 Å². The number of nitrogens with zero attached hydrogens (tertiary/aromatic N) is 3. The van der Waals surface area contributed by atoms with Crippen molar-refractivity contribution in [1.29, 1.82) is 0 Å². The topological polar surface area (TPSA) is 118 Å². The number of hydrogen-bond donors (Lipinski definition) is 2. The number of amides is 3. The second kappa shape index (κ2) is 11.2. The quantitative estimate of drug-likeness (QED) is 0.283. The van der Waals surface area contributed by atoms with E-state index in [1.54, 1.807) is 42.2 Å². The molecule has 0 aliphatic carbocycles. The zero-order valence-electron chi connectivity index (χ0n) is 21.1. The highest BCUT2D eigenvalue weighted by Gasteiger charge is 2.57. The molecule has 0 unspecified atom stereocenters. The van der Waals surface area contributed by atoms with Crippen LogP contribution in [0.15, 0.2) is 82.4 Å². The van der Waals surface area contributed by atoms with Gasteiger partial charge in [-0.25, -0.2) is 4.79 Å². The Hall–Kier alpha value is -3.70. The van der Waals surface area contributed by atoms with Crippen LogP contribution in [0.25, 0.3) is 0 Å². The molecule has 2 aromatic rings. The van der Waals surface area contributed by atoms with Crippen molar-refractivity contribution < 1.29 is 29.4 Å². The number of likely N-dealkylation sites (tertiary alicyclic amines) is 1. The number of carboxylic acids is 1. The van der Waals surface area contributed by atoms with E-state index in [4.69, 9.17) is 0 Å². The number of carboxylic acid groups (broad SMARTS) is 1. The smallest absolute Gasteiger partial charge is 0.352 e. The second-order valence-corrected chi connectivity index (χ2v) is 11.5. The second-order valence-electron chi connectivity index (χ2n) is 9.32. The lowest BCUT2D eigenvalue weighted by Gasteiger charge is -2.52. The molecule has 11 heteroatoms. The van der Waals surface area contributed by atoms with Gasteiger partial charge in [0.1, 0.15) is 16.8 Å². The van der Waals surface area contributed by atoms with Gasteiger partial charge in [-0.1, -0.05) is 37.3 Å². The van der Waals surface area contributed by atoms with Gasteiger partial charge in [0, 0.05) is 35.7 Å². The van der Waals surface area contributed by atoms with Crippen molar-refractivity contribution >= 4 is 47.4 Å². The molecule has 0 saturated carbocycles. The number of benzene rings is 2. The summed E-state index contributed by atoms with van der Waals surface area (Å²) in [6, 6.07) is 15.1. The largest absolute Gasteiger partial charge is 0.508 e. The van der Waals surface area contributed by atoms with Crippen molar-refractivity contribution in [2.45, 2.75) is 42.6 Å². The van der Waals surface area contributed by atoms with Gasteiger partial charge >= 0.3 is 5.97 Å². The van der Waals surface area contributed by atoms with Crippen LogP contribution in [0, 0.1) is 0 Å². The van der Waals surface area contributed by atoms with Crippen molar-refractivity contribution in [2.75, 3.05) is 12.3 Å². The normalized spacial score (nSPS) is 21.7. The molecule has 0 spiro atoms. The number of carbonyl (C=O) groups excluding carboxylic acids is 3. The first-order chi connectivity index (χ1) is 18.8. The molecule has 2 atom stereocenters. The van der Waals surface area contributed by atoms with Gasteiger partial charge in [0.25, 0.3) is 5.91 Å². The van der Waals surface area contributed by atoms with Crippen molar-refractivity contribution in [2.24, 2.45) is 0 Å². The van der Waals surface area contributed by atoms with Crippen molar-refractivity contribution in [3.05, 3.63) is 83.1 Å². The maximum absolute atomic E-state index is 13.4. The van der Waals surface area contributed by atoms with Crippen LogP contribution >= 0.6 is 23.7 Å². The molecule has 39 heavy (non-hydrogen) atoms. The molecule has 2 fully saturated rings. The predicted octanol–water partition coefficient (Wildman–Crippen LogP) is 3.62. The highest BCUT2D eigenvalue weighted by molar-refractivity contribution is 8.00. The van der Waals surface area contributed by atoms with E-state index in [9.17, 15) is 29.4 Å². The zero-order valence-corrected chi connectivity index (χ0v) is 22.8. The molecule has 2 saturated heterocycles. The van der Waals surface area contributed by atoms with Crippen molar-refractivity contribution in [3.8, 4) is 5.75 Å². The Kier molecular flexibility index (Phi) is 7.72. The molecule has 0 aromatic heterocycles. The Labute approximate surface area is 234 Å². The molecular weight excluding hydrogens is 538 g/mol. The van der Waals surface area contributed by atoms with E-state index in [2.05, 4.69) is 0 Å². The van der Waals surface area contributed by atoms with Crippen molar-refractivity contribution in [3.63, 3.8) is 0 Å². The van der Waals surface area contributed by atoms with Gasteiger partial charge in [0.2, 0.25) is 11.8 Å². The molecule has 0 bridgehead atoms. The summed E-state index contributed by atoms with van der Waals surface area (Å²) < 4.78 is 1.47. The van der Waals surface area contributed by atoms with E-state index in [0.717, 1.165) is 10.5 Å². The Morgan fingerprint density at radius 3 is 2.51 bits per heavy atom. The molecule has 3 aliphatic rings. The molecule has 0 radical (unpaired) electrons. The minimum absolute atomic E-state index is 0.133. The maximum atomic E-state index is 13.4. The van der Waals surface area contributed by atoms with Gasteiger partial charge < -0.3 is 15.1 Å². The lowest BCUT2D eigenvalue weighted by molar-refractivity contribution is -0.154. The summed E-state index contributed by atoms with van der Waals surface area (Å²) in [4.78, 5) is 55.4. The van der Waals surface area contributed by atoms with Gasteiger partial charge in [-0.15, -0.1) is 11.8 Å². The number of fused-ring (bicyclic) bond motifs is 1. The molecule has 5 rings (SSSR count). The number of allylic oxidation sites excluding steroid dienone is 1. The van der Waals surface area contributed by atoms with Crippen LogP contribution in [0.4, 0.5) is 0 Å². The molecule has 3 heterocycles. The van der Waals surface area contributed by atoms with Crippen LogP contribution in [0.1, 0.15) is 25.3 Å². The van der Waals surface area contributed by atoms with Gasteiger partial charge in [0.15, 0.2) is 6.04 Å². The third kappa shape index (κ3) is 5.28. The third-order valence-electron chi connectivity index (χ3n) is 6.79. The number of phenols is 1. The van der Waals surface area contributed by atoms with Crippen LogP contribution in [0.2, 0.25) is 0 Å². The average molecular weight is 566 g/mol. The van der Waals surface area contributed by atoms with E-state index in [-0.39, 0.29) is 29.7 Å². The number of phenolic OH excluding ortho intramolecular Hbond substituents is 1. The number of β-lactam (4-membered cyclic amide) rings is 1. The maximum Gasteiger partial charge on any atom is 0.352 e. The molecule has 3 amide bonds. The van der Waals surface area contributed by atoms with Gasteiger partial charge in [-0.3, -0.25) is 23.6 Å². The van der Waals surface area contributed by atoms with E-state index >= 15 is 0 Å². The summed E-state index contributed by atoms with van der Waals surface area (Å²) in [6.07, 6.45) is 2.29. The Morgan fingerprint density at radius 2 is 1.85 bits per heavy atom. The minimum Gasteiger partial charge on any atom is -0.508 e. The van der Waals surface area contributed by atoms with E-state index in [1.807, 2.05) is 30.3 Å². The fourth-order valence-corrected chi connectivity index (χ4v) is 7.30. The molecule has 9 nitrogen and oxygen atoms in total. The lowest BCUT2D eigenvalue weighted by Crippen LogP contribution is -2.70. The molecule has 3 aliphatic heterocycles. The summed E-state index contributed by atoms with van der Waals surface area (Å²) in [5.41, 5.74) is 1.65. The number of hydrogen-bond acceptors (Lipinski definition) is 7. The van der Waals surface area contributed by atoms with Gasteiger partial charge in [-0.2, -0.15) is 0 Å². The molecule has 202 valence electrons. The average Bonchev–Trinajstić information content (AvgIpc) is 3.27. The highest BCUT2D eigenvalue weighted by atomic mass is 32.2. The van der Waals surface area contributed by atoms with Crippen LogP contribution in [0.5, 0.6) is 5.75 Å². The number of carbonyl (C=O) groups is 4. The zero-order chi connectivity index (χ0) is 27.7. The number of thioether (sulfide) groups is 1. The lowest BCUT2D eigenvalue weighted by atomic mass is 10.0. The Bertz CT molecular complexity index is 1380. The summed E-state index contributed by atoms with van der Waals surface area (Å²) in [6.45, 7) is 2.60. The summed E-state index contributed by atoms with van der Waals surface area (Å²) in [5.74, 6) is -1.63. The van der Waals surface area contributed by atoms with Crippen LogP contribution in [-0.2, 0) is 25.7 Å². The summed E-state index contributed by atoms with van der Waals surface area (Å²) >= 11 is 2.58. The van der Waals surface area contributed by atoms with E-state index in [1.165, 1.54) is 32.9 Å². The van der Waals surface area contributed by atoms with E-state index < -0.39 is 23.3 Å². The Balaban J connectivity index is 1.37. The highest BCUT2D eigenvalue weighted by Crippen LogP contribution is 2.45. The molecule has 2 N–H and O–H groups in total. The fourth-order valence-electron chi connectivity index (χ4n) is 4.81. The number of aliphatic carboxylic acids is 1.